The molecule has 1 atom stereocenters. The molecule has 27 heavy (non-hydrogen) atoms. The Bertz CT molecular complexity index is 919. The van der Waals surface area contributed by atoms with Gasteiger partial charge in [-0.05, 0) is 30.2 Å². The van der Waals surface area contributed by atoms with Crippen molar-refractivity contribution in [1.29, 1.82) is 0 Å². The van der Waals surface area contributed by atoms with Crippen LogP contribution in [0, 0.1) is 0 Å². The van der Waals surface area contributed by atoms with Crippen LogP contribution in [-0.4, -0.2) is 48.6 Å². The molecule has 0 bridgehead atoms. The minimum absolute atomic E-state index is 0.0435. The third-order valence-corrected chi connectivity index (χ3v) is 6.55. The van der Waals surface area contributed by atoms with Crippen LogP contribution >= 0.6 is 34.5 Å². The van der Waals surface area contributed by atoms with Crippen molar-refractivity contribution in [3.05, 3.63) is 44.3 Å². The molecule has 6 nitrogen and oxygen atoms in total. The molecule has 0 saturated carbocycles. The van der Waals surface area contributed by atoms with Crippen molar-refractivity contribution in [3.8, 4) is 0 Å². The first-order valence-electron chi connectivity index (χ1n) is 8.45. The number of halogens is 2. The maximum Gasteiger partial charge on any atom is 0.409 e. The first-order valence-corrected chi connectivity index (χ1v) is 10.0. The molecule has 1 spiro atoms. The predicted molar refractivity (Wildman–Crippen MR) is 105 cm³/mol. The van der Waals surface area contributed by atoms with Gasteiger partial charge in [0.2, 0.25) is 5.91 Å². The zero-order chi connectivity index (χ0) is 19.2. The smallest absolute Gasteiger partial charge is 0.409 e. The molecule has 142 valence electrons. The summed E-state index contributed by atoms with van der Waals surface area (Å²) in [4.78, 5) is 32.6. The highest BCUT2D eigenvalue weighted by Gasteiger charge is 2.50. The van der Waals surface area contributed by atoms with Gasteiger partial charge in [-0.15, -0.1) is 11.3 Å². The first kappa shape index (κ1) is 18.5. The average molecular weight is 426 g/mol. The number of methoxy groups -OCH3 is 1. The third kappa shape index (κ3) is 3.28. The van der Waals surface area contributed by atoms with Crippen LogP contribution in [0.1, 0.15) is 17.0 Å². The molecule has 0 radical (unpaired) electrons. The van der Waals surface area contributed by atoms with Gasteiger partial charge in [-0.2, -0.15) is 0 Å². The molecule has 1 aromatic heterocycles. The van der Waals surface area contributed by atoms with Crippen LogP contribution in [0.5, 0.6) is 0 Å². The Hall–Kier alpha value is -1.83. The molecular formula is C18H17Cl2N3O3S. The van der Waals surface area contributed by atoms with E-state index >= 15 is 0 Å². The SMILES string of the molecule is COC(=O)N1CC[C@@]2(C1)CN(C(=O)Cc1ncc(Cl)s1)c1ccc(Cl)cc12. The van der Waals surface area contributed by atoms with Gasteiger partial charge in [-0.25, -0.2) is 9.78 Å². The quantitative estimate of drug-likeness (QED) is 0.734. The molecule has 0 unspecified atom stereocenters. The highest BCUT2D eigenvalue weighted by atomic mass is 35.5. The topological polar surface area (TPSA) is 62.7 Å². The summed E-state index contributed by atoms with van der Waals surface area (Å²) >= 11 is 13.5. The average Bonchev–Trinajstić information content (AvgIpc) is 3.34. The zero-order valence-corrected chi connectivity index (χ0v) is 16.9. The van der Waals surface area contributed by atoms with Crippen molar-refractivity contribution < 1.29 is 14.3 Å². The van der Waals surface area contributed by atoms with Gasteiger partial charge >= 0.3 is 6.09 Å². The molecule has 1 saturated heterocycles. The van der Waals surface area contributed by atoms with E-state index in [4.69, 9.17) is 27.9 Å². The standard InChI is InChI=1S/C18H17Cl2N3O3S/c1-26-17(25)22-5-4-18(9-22)10-23(13-3-2-11(19)6-12(13)18)16(24)7-15-21-8-14(20)27-15/h2-3,6,8H,4-5,7,9-10H2,1H3/t18-/m1/s1. The fraction of sp³-hybridized carbons (Fsp3) is 0.389. The molecule has 1 aromatic carbocycles. The third-order valence-electron chi connectivity index (χ3n) is 5.20. The second-order valence-electron chi connectivity index (χ2n) is 6.80. The van der Waals surface area contributed by atoms with Crippen LogP contribution in [0.15, 0.2) is 24.4 Å². The highest BCUT2D eigenvalue weighted by Crippen LogP contribution is 2.47. The molecule has 0 N–H and O–H groups in total. The number of amides is 2. The molecule has 2 aliphatic heterocycles. The number of fused-ring (bicyclic) bond motifs is 2. The van der Waals surface area contributed by atoms with E-state index in [0.717, 1.165) is 17.7 Å². The summed E-state index contributed by atoms with van der Waals surface area (Å²) in [5.74, 6) is -0.0435. The molecule has 1 fully saturated rings. The van der Waals surface area contributed by atoms with Gasteiger partial charge in [-0.3, -0.25) is 4.79 Å². The van der Waals surface area contributed by atoms with Crippen molar-refractivity contribution in [2.24, 2.45) is 0 Å². The molecular weight excluding hydrogens is 409 g/mol. The van der Waals surface area contributed by atoms with E-state index in [2.05, 4.69) is 4.98 Å². The van der Waals surface area contributed by atoms with Gasteiger partial charge in [0.1, 0.15) is 9.34 Å². The van der Waals surface area contributed by atoms with Gasteiger partial charge in [0.05, 0.1) is 19.7 Å². The minimum Gasteiger partial charge on any atom is -0.453 e. The van der Waals surface area contributed by atoms with E-state index < -0.39 is 0 Å². The lowest BCUT2D eigenvalue weighted by Gasteiger charge is -2.25. The van der Waals surface area contributed by atoms with E-state index in [0.29, 0.717) is 34.0 Å². The maximum atomic E-state index is 13.0. The number of likely N-dealkylation sites (tertiary alicyclic amines) is 1. The van der Waals surface area contributed by atoms with Gasteiger partial charge in [-0.1, -0.05) is 23.2 Å². The lowest BCUT2D eigenvalue weighted by molar-refractivity contribution is -0.118. The largest absolute Gasteiger partial charge is 0.453 e. The van der Waals surface area contributed by atoms with Crippen LogP contribution in [0.25, 0.3) is 0 Å². The van der Waals surface area contributed by atoms with Gasteiger partial charge in [0.15, 0.2) is 0 Å². The number of carbonyl (C=O) groups is 2. The summed E-state index contributed by atoms with van der Waals surface area (Å²) in [7, 11) is 1.38. The normalized spacial score (nSPS) is 21.0. The predicted octanol–water partition coefficient (Wildman–Crippen LogP) is 3.75. The van der Waals surface area contributed by atoms with Crippen molar-refractivity contribution in [2.45, 2.75) is 18.3 Å². The molecule has 4 rings (SSSR count). The lowest BCUT2D eigenvalue weighted by Crippen LogP contribution is -2.40. The Kier molecular flexibility index (Phi) is 4.78. The van der Waals surface area contributed by atoms with Gasteiger partial charge in [0.25, 0.3) is 0 Å². The molecule has 2 aromatic rings. The number of nitrogens with zero attached hydrogens (tertiary/aromatic N) is 3. The monoisotopic (exact) mass is 425 g/mol. The summed E-state index contributed by atoms with van der Waals surface area (Å²) in [5.41, 5.74) is 1.52. The van der Waals surface area contributed by atoms with Crippen molar-refractivity contribution >= 4 is 52.2 Å². The van der Waals surface area contributed by atoms with Crippen LogP contribution < -0.4 is 4.90 Å². The number of hydrogen-bond acceptors (Lipinski definition) is 5. The summed E-state index contributed by atoms with van der Waals surface area (Å²) < 4.78 is 5.43. The number of aromatic nitrogens is 1. The Morgan fingerprint density at radius 1 is 1.33 bits per heavy atom. The molecule has 3 heterocycles. The fourth-order valence-electron chi connectivity index (χ4n) is 3.96. The summed E-state index contributed by atoms with van der Waals surface area (Å²) in [6.07, 6.45) is 2.15. The maximum absolute atomic E-state index is 13.0. The molecule has 0 aliphatic carbocycles. The number of hydrogen-bond donors (Lipinski definition) is 0. The van der Waals surface area contributed by atoms with Crippen LogP contribution in [-0.2, 0) is 21.4 Å². The van der Waals surface area contributed by atoms with E-state index in [1.165, 1.54) is 18.4 Å². The summed E-state index contributed by atoms with van der Waals surface area (Å²) in [6.45, 7) is 1.59. The van der Waals surface area contributed by atoms with E-state index in [1.54, 1.807) is 22.1 Å². The summed E-state index contributed by atoms with van der Waals surface area (Å²) in [6, 6.07) is 5.57. The van der Waals surface area contributed by atoms with Crippen LogP contribution in [0.4, 0.5) is 10.5 Å². The van der Waals surface area contributed by atoms with Crippen molar-refractivity contribution in [2.75, 3.05) is 31.6 Å². The second kappa shape index (κ2) is 6.96. The lowest BCUT2D eigenvalue weighted by atomic mass is 9.81. The Morgan fingerprint density at radius 3 is 2.85 bits per heavy atom. The number of ether oxygens (including phenoxy) is 1. The van der Waals surface area contributed by atoms with E-state index in [-0.39, 0.29) is 23.8 Å². The Morgan fingerprint density at radius 2 is 2.15 bits per heavy atom. The minimum atomic E-state index is -0.349. The Labute approximate surface area is 170 Å². The fourth-order valence-corrected chi connectivity index (χ4v) is 5.08. The molecule has 2 aliphatic rings. The summed E-state index contributed by atoms with van der Waals surface area (Å²) in [5, 5.41) is 1.30. The zero-order valence-electron chi connectivity index (χ0n) is 14.6. The van der Waals surface area contributed by atoms with Gasteiger partial charge in [0, 0.05) is 35.8 Å². The Balaban J connectivity index is 1.64. The number of thiazole rings is 1. The second-order valence-corrected chi connectivity index (χ2v) is 8.98. The first-order chi connectivity index (χ1) is 12.9. The van der Waals surface area contributed by atoms with Crippen molar-refractivity contribution in [3.63, 3.8) is 0 Å². The number of rotatable bonds is 2. The number of anilines is 1. The molecule has 2 amide bonds. The van der Waals surface area contributed by atoms with Crippen molar-refractivity contribution in [1.82, 2.24) is 9.88 Å². The van der Waals surface area contributed by atoms with Gasteiger partial charge < -0.3 is 14.5 Å². The highest BCUT2D eigenvalue weighted by molar-refractivity contribution is 7.15. The van der Waals surface area contributed by atoms with E-state index in [1.807, 2.05) is 12.1 Å². The number of carbonyl (C=O) groups excluding carboxylic acids is 2. The van der Waals surface area contributed by atoms with Crippen LogP contribution in [0.3, 0.4) is 0 Å². The van der Waals surface area contributed by atoms with E-state index in [9.17, 15) is 9.59 Å². The molecule has 9 heteroatoms. The van der Waals surface area contributed by atoms with Crippen LogP contribution in [0.2, 0.25) is 9.36 Å². The number of benzene rings is 1.